The molecule has 4 rings (SSSR count). The molecule has 1 unspecified atom stereocenters. The Morgan fingerprint density at radius 2 is 1.78 bits per heavy atom. The van der Waals surface area contributed by atoms with Gasteiger partial charge in [0.1, 0.15) is 16.5 Å². The van der Waals surface area contributed by atoms with Gasteiger partial charge in [0.2, 0.25) is 0 Å². The minimum atomic E-state index is -1.00. The number of anilines is 1. The maximum absolute atomic E-state index is 13.5. The minimum absolute atomic E-state index is 0.133. The monoisotopic (exact) mass is 508 g/mol. The Labute approximate surface area is 211 Å². The van der Waals surface area contributed by atoms with Gasteiger partial charge in [-0.05, 0) is 55.2 Å². The van der Waals surface area contributed by atoms with E-state index in [1.165, 1.54) is 17.0 Å². The molecule has 0 saturated carbocycles. The van der Waals surface area contributed by atoms with E-state index >= 15 is 0 Å². The topological polar surface area (TPSA) is 96.8 Å². The van der Waals surface area contributed by atoms with Crippen molar-refractivity contribution in [2.45, 2.75) is 39.7 Å². The van der Waals surface area contributed by atoms with Crippen LogP contribution in [0.5, 0.6) is 0 Å². The van der Waals surface area contributed by atoms with Crippen molar-refractivity contribution in [3.8, 4) is 0 Å². The second-order valence-corrected chi connectivity index (χ2v) is 9.61. The fraction of sp³-hybridized carbons (Fsp3) is 0.259. The summed E-state index contributed by atoms with van der Waals surface area (Å²) in [6, 6.07) is 11.4. The smallest absolute Gasteiger partial charge is 0.350 e. The number of ketones is 1. The summed E-state index contributed by atoms with van der Waals surface area (Å²) in [7, 11) is 0. The predicted molar refractivity (Wildman–Crippen MR) is 135 cm³/mol. The van der Waals surface area contributed by atoms with Crippen molar-refractivity contribution < 1.29 is 28.6 Å². The molecule has 1 atom stereocenters. The van der Waals surface area contributed by atoms with Gasteiger partial charge in [0.15, 0.2) is 5.13 Å². The molecule has 0 spiro atoms. The third-order valence-electron chi connectivity index (χ3n) is 5.93. The zero-order valence-corrected chi connectivity index (χ0v) is 21.1. The first-order valence-corrected chi connectivity index (χ1v) is 12.3. The molecule has 3 aromatic rings. The largest absolute Gasteiger partial charge is 0.507 e. The number of hydrogen-bond donors (Lipinski definition) is 1. The highest BCUT2D eigenvalue weighted by Crippen LogP contribution is 2.44. The summed E-state index contributed by atoms with van der Waals surface area (Å²) < 4.78 is 18.6. The van der Waals surface area contributed by atoms with Crippen LogP contribution >= 0.6 is 11.3 Å². The predicted octanol–water partition coefficient (Wildman–Crippen LogP) is 5.52. The van der Waals surface area contributed by atoms with E-state index in [1.54, 1.807) is 26.0 Å². The van der Waals surface area contributed by atoms with Gasteiger partial charge in [-0.3, -0.25) is 14.5 Å². The van der Waals surface area contributed by atoms with Crippen LogP contribution < -0.4 is 4.90 Å². The summed E-state index contributed by atoms with van der Waals surface area (Å²) >= 11 is 0.942. The molecule has 9 heteroatoms. The van der Waals surface area contributed by atoms with Crippen LogP contribution in [-0.2, 0) is 14.3 Å². The molecule has 1 aliphatic heterocycles. The van der Waals surface area contributed by atoms with Gasteiger partial charge >= 0.3 is 11.9 Å². The average molecular weight is 509 g/mol. The Kier molecular flexibility index (Phi) is 7.03. The fourth-order valence-corrected chi connectivity index (χ4v) is 5.03. The number of aliphatic hydroxyl groups excluding tert-OH is 1. The maximum atomic E-state index is 13.5. The lowest BCUT2D eigenvalue weighted by molar-refractivity contribution is -0.132. The first-order chi connectivity index (χ1) is 17.1. The van der Waals surface area contributed by atoms with Crippen LogP contribution in [0.25, 0.3) is 5.76 Å². The number of Topliss-reactive ketones (excluding diaryl/α,β-unsaturated/α-hetero) is 1. The molecule has 1 amide bonds. The standard InChI is InChI=1S/C27H25FN2O5S/c1-5-35-26(34)24-15(4)29-27(36-24)30-21(17-8-6-16(7-9-17)14(2)3)20(23(32)25(30)33)22(31)18-10-12-19(28)13-11-18/h6-14,21,31H,5H2,1-4H3. The highest BCUT2D eigenvalue weighted by molar-refractivity contribution is 7.17. The fourth-order valence-electron chi connectivity index (χ4n) is 4.04. The van der Waals surface area contributed by atoms with Gasteiger partial charge in [-0.1, -0.05) is 49.4 Å². The zero-order chi connectivity index (χ0) is 26.1. The van der Waals surface area contributed by atoms with Crippen LogP contribution in [0.1, 0.15) is 64.8 Å². The van der Waals surface area contributed by atoms with Crippen LogP contribution in [0.3, 0.4) is 0 Å². The zero-order valence-electron chi connectivity index (χ0n) is 20.2. The molecule has 0 radical (unpaired) electrons. The average Bonchev–Trinajstić information content (AvgIpc) is 3.36. The van der Waals surface area contributed by atoms with E-state index in [1.807, 2.05) is 26.0 Å². The summed E-state index contributed by atoms with van der Waals surface area (Å²) in [4.78, 5) is 44.8. The first-order valence-electron chi connectivity index (χ1n) is 11.4. The number of aryl methyl sites for hydroxylation is 1. The van der Waals surface area contributed by atoms with Crippen LogP contribution in [0, 0.1) is 12.7 Å². The van der Waals surface area contributed by atoms with E-state index in [9.17, 15) is 23.9 Å². The van der Waals surface area contributed by atoms with E-state index in [0.29, 0.717) is 11.3 Å². The van der Waals surface area contributed by atoms with Gasteiger partial charge in [-0.15, -0.1) is 0 Å². The van der Waals surface area contributed by atoms with Crippen molar-refractivity contribution in [1.29, 1.82) is 0 Å². The second kappa shape index (κ2) is 10.0. The SMILES string of the molecule is CCOC(=O)c1sc(N2C(=O)C(=O)C(=C(O)c3ccc(F)cc3)C2c2ccc(C(C)C)cc2)nc1C. The van der Waals surface area contributed by atoms with Crippen molar-refractivity contribution >= 4 is 39.9 Å². The number of aromatic nitrogens is 1. The van der Waals surface area contributed by atoms with Crippen molar-refractivity contribution in [3.63, 3.8) is 0 Å². The Morgan fingerprint density at radius 1 is 1.14 bits per heavy atom. The number of benzene rings is 2. The molecule has 2 aromatic carbocycles. The summed E-state index contributed by atoms with van der Waals surface area (Å²) in [6.45, 7) is 7.57. The van der Waals surface area contributed by atoms with E-state index in [4.69, 9.17) is 4.74 Å². The van der Waals surface area contributed by atoms with E-state index in [2.05, 4.69) is 4.98 Å². The summed E-state index contributed by atoms with van der Waals surface area (Å²) in [5, 5.41) is 11.3. The number of carbonyl (C=O) groups excluding carboxylic acids is 3. The minimum Gasteiger partial charge on any atom is -0.507 e. The van der Waals surface area contributed by atoms with E-state index < -0.39 is 35.3 Å². The van der Waals surface area contributed by atoms with Crippen LogP contribution in [0.15, 0.2) is 54.1 Å². The van der Waals surface area contributed by atoms with Crippen LogP contribution in [0.2, 0.25) is 0 Å². The number of aliphatic hydroxyl groups is 1. The number of esters is 1. The lowest BCUT2D eigenvalue weighted by atomic mass is 9.93. The molecule has 0 aliphatic carbocycles. The molecule has 1 aliphatic rings. The van der Waals surface area contributed by atoms with Gasteiger partial charge in [0.05, 0.1) is 23.9 Å². The highest BCUT2D eigenvalue weighted by atomic mass is 32.1. The molecule has 0 bridgehead atoms. The number of thiazole rings is 1. The van der Waals surface area contributed by atoms with Crippen molar-refractivity contribution in [1.82, 2.24) is 4.98 Å². The summed E-state index contributed by atoms with van der Waals surface area (Å²) in [6.07, 6.45) is 0. The van der Waals surface area contributed by atoms with E-state index in [-0.39, 0.29) is 33.7 Å². The molecule has 186 valence electrons. The first kappa shape index (κ1) is 25.2. The number of ether oxygens (including phenoxy) is 1. The molecular weight excluding hydrogens is 483 g/mol. The third-order valence-corrected chi connectivity index (χ3v) is 7.07. The number of nitrogens with zero attached hydrogens (tertiary/aromatic N) is 2. The molecular formula is C27H25FN2O5S. The molecule has 1 fully saturated rings. The summed E-state index contributed by atoms with van der Waals surface area (Å²) in [5.74, 6) is -3.02. The third kappa shape index (κ3) is 4.54. The normalized spacial score (nSPS) is 17.2. The number of carbonyl (C=O) groups is 3. The Balaban J connectivity index is 1.90. The number of hydrogen-bond acceptors (Lipinski definition) is 7. The van der Waals surface area contributed by atoms with Crippen LogP contribution in [0.4, 0.5) is 9.52 Å². The number of halogens is 1. The van der Waals surface area contributed by atoms with Crippen LogP contribution in [-0.4, -0.2) is 34.4 Å². The molecule has 7 nitrogen and oxygen atoms in total. The molecule has 2 heterocycles. The molecule has 1 aromatic heterocycles. The molecule has 36 heavy (non-hydrogen) atoms. The van der Waals surface area contributed by atoms with Crippen molar-refractivity contribution in [2.24, 2.45) is 0 Å². The van der Waals surface area contributed by atoms with Gasteiger partial charge in [0.25, 0.3) is 5.78 Å². The van der Waals surface area contributed by atoms with Crippen molar-refractivity contribution in [3.05, 3.63) is 87.2 Å². The lowest BCUT2D eigenvalue weighted by Gasteiger charge is -2.23. The quantitative estimate of drug-likeness (QED) is 0.204. The summed E-state index contributed by atoms with van der Waals surface area (Å²) in [5.41, 5.74) is 2.05. The Morgan fingerprint density at radius 3 is 2.36 bits per heavy atom. The number of amides is 1. The Hall–Kier alpha value is -3.85. The van der Waals surface area contributed by atoms with E-state index in [0.717, 1.165) is 29.0 Å². The highest BCUT2D eigenvalue weighted by Gasteiger charge is 2.48. The second-order valence-electron chi connectivity index (χ2n) is 8.63. The Bertz CT molecular complexity index is 1360. The molecule has 1 N–H and O–H groups in total. The van der Waals surface area contributed by atoms with Gasteiger partial charge in [-0.2, -0.15) is 0 Å². The lowest BCUT2D eigenvalue weighted by Crippen LogP contribution is -2.29. The van der Waals surface area contributed by atoms with Gasteiger partial charge < -0.3 is 9.84 Å². The number of rotatable bonds is 6. The maximum Gasteiger partial charge on any atom is 0.350 e. The van der Waals surface area contributed by atoms with Gasteiger partial charge in [0, 0.05) is 5.56 Å². The van der Waals surface area contributed by atoms with Gasteiger partial charge in [-0.25, -0.2) is 14.2 Å². The van der Waals surface area contributed by atoms with Crippen molar-refractivity contribution in [2.75, 3.05) is 11.5 Å². The molecule has 1 saturated heterocycles.